The zero-order valence-electron chi connectivity index (χ0n) is 29.9. The van der Waals surface area contributed by atoms with Crippen molar-refractivity contribution < 1.29 is 23.5 Å². The summed E-state index contributed by atoms with van der Waals surface area (Å²) in [5, 5.41) is 15.5. The van der Waals surface area contributed by atoms with Gasteiger partial charge in [0.25, 0.3) is 5.22 Å². The van der Waals surface area contributed by atoms with Gasteiger partial charge in [-0.1, -0.05) is 103 Å². The predicted molar refractivity (Wildman–Crippen MR) is 207 cm³/mol. The van der Waals surface area contributed by atoms with Gasteiger partial charge in [0.2, 0.25) is 5.89 Å². The fraction of sp³-hybridized carbons (Fsp3) is 0.286. The zero-order chi connectivity index (χ0) is 37.1. The van der Waals surface area contributed by atoms with Crippen LogP contribution >= 0.6 is 11.8 Å². The van der Waals surface area contributed by atoms with Crippen molar-refractivity contribution in [2.24, 2.45) is 4.99 Å². The van der Waals surface area contributed by atoms with E-state index in [1.165, 1.54) is 18.9 Å². The Morgan fingerprint density at radius 2 is 1.63 bits per heavy atom. The molecular weight excluding hydrogens is 701 g/mol. The number of Topliss-reactive ketones (excluding diaryl/α,β-unsaturated/α-hetero) is 1. The number of thioether (sulfide) groups is 1. The zero-order valence-corrected chi connectivity index (χ0v) is 30.7. The van der Waals surface area contributed by atoms with Crippen LogP contribution in [0.4, 0.5) is 4.79 Å². The van der Waals surface area contributed by atoms with Crippen molar-refractivity contribution in [2.45, 2.75) is 61.1 Å². The van der Waals surface area contributed by atoms with Gasteiger partial charge in [-0.3, -0.25) is 14.8 Å². The molecule has 1 amide bonds. The molecule has 0 unspecified atom stereocenters. The van der Waals surface area contributed by atoms with Crippen molar-refractivity contribution in [1.29, 1.82) is 0 Å². The SMILES string of the molecule is COC(=O)N[C@H](C(=O)Cc1ccccc1CC[C@@H]1CN[C@H](C2=NC=CC2)[C@@H](CSc2nnc(-c3ccncc3)o2)O1)C(c1ccccc1)c1ccccc1. The summed E-state index contributed by atoms with van der Waals surface area (Å²) in [4.78, 5) is 35.7. The number of benzene rings is 3. The quantitative estimate of drug-likeness (QED) is 0.113. The van der Waals surface area contributed by atoms with Crippen molar-refractivity contribution in [3.05, 3.63) is 144 Å². The molecule has 2 aliphatic heterocycles. The lowest BCUT2D eigenvalue weighted by molar-refractivity contribution is -0.120. The lowest BCUT2D eigenvalue weighted by atomic mass is 9.81. The Morgan fingerprint density at radius 1 is 0.926 bits per heavy atom. The summed E-state index contributed by atoms with van der Waals surface area (Å²) in [6.45, 7) is 0.666. The van der Waals surface area contributed by atoms with E-state index in [1.807, 2.05) is 97.2 Å². The van der Waals surface area contributed by atoms with Crippen molar-refractivity contribution in [1.82, 2.24) is 25.8 Å². The van der Waals surface area contributed by atoms with Crippen LogP contribution in [0.25, 0.3) is 11.5 Å². The number of aromatic nitrogens is 3. The van der Waals surface area contributed by atoms with Crippen LogP contribution in [-0.2, 0) is 27.1 Å². The lowest BCUT2D eigenvalue weighted by Gasteiger charge is -2.37. The van der Waals surface area contributed by atoms with E-state index in [-0.39, 0.29) is 30.5 Å². The van der Waals surface area contributed by atoms with Crippen molar-refractivity contribution in [2.75, 3.05) is 19.4 Å². The number of carbonyl (C=O) groups is 2. The molecule has 54 heavy (non-hydrogen) atoms. The summed E-state index contributed by atoms with van der Waals surface area (Å²) >= 11 is 1.47. The maximum Gasteiger partial charge on any atom is 0.407 e. The molecule has 1 fully saturated rings. The monoisotopic (exact) mass is 742 g/mol. The summed E-state index contributed by atoms with van der Waals surface area (Å²) in [6, 6.07) is 30.3. The van der Waals surface area contributed by atoms with Crippen molar-refractivity contribution >= 4 is 29.4 Å². The van der Waals surface area contributed by atoms with Crippen LogP contribution in [0.1, 0.15) is 41.0 Å². The average Bonchev–Trinajstić information content (AvgIpc) is 3.94. The number of alkyl carbamates (subject to hydrolysis) is 1. The Hall–Kier alpha value is -5.43. The Labute approximate surface area is 318 Å². The number of pyridine rings is 1. The first-order chi connectivity index (χ1) is 26.6. The second-order valence-electron chi connectivity index (χ2n) is 13.2. The number of hydrogen-bond acceptors (Lipinski definition) is 11. The van der Waals surface area contributed by atoms with E-state index in [9.17, 15) is 9.59 Å². The number of ether oxygens (including phenoxy) is 2. The van der Waals surface area contributed by atoms with Gasteiger partial charge < -0.3 is 24.5 Å². The molecule has 3 aromatic carbocycles. The molecule has 5 aromatic rings. The molecule has 12 heteroatoms. The number of hydrogen-bond donors (Lipinski definition) is 2. The van der Waals surface area contributed by atoms with Gasteiger partial charge in [-0.2, -0.15) is 0 Å². The highest BCUT2D eigenvalue weighted by Crippen LogP contribution is 2.31. The Bertz CT molecular complexity index is 2020. The van der Waals surface area contributed by atoms with E-state index in [0.717, 1.165) is 46.4 Å². The molecule has 2 aromatic heterocycles. The largest absolute Gasteiger partial charge is 0.453 e. The van der Waals surface area contributed by atoms with Crippen LogP contribution in [-0.4, -0.2) is 76.5 Å². The molecule has 1 saturated heterocycles. The van der Waals surface area contributed by atoms with Crippen LogP contribution in [0, 0.1) is 0 Å². The van der Waals surface area contributed by atoms with Crippen LogP contribution < -0.4 is 10.6 Å². The number of methoxy groups -OCH3 is 1. The average molecular weight is 743 g/mol. The van der Waals surface area contributed by atoms with Gasteiger partial charge in [-0.15, -0.1) is 10.2 Å². The van der Waals surface area contributed by atoms with Gasteiger partial charge in [-0.25, -0.2) is 4.79 Å². The minimum atomic E-state index is -0.857. The number of amides is 1. The Balaban J connectivity index is 1.04. The smallest absolute Gasteiger partial charge is 0.407 e. The van der Waals surface area contributed by atoms with Gasteiger partial charge in [0.05, 0.1) is 25.4 Å². The molecule has 276 valence electrons. The second kappa shape index (κ2) is 18.1. The van der Waals surface area contributed by atoms with E-state index in [1.54, 1.807) is 12.4 Å². The molecule has 4 atom stereocenters. The number of aryl methyl sites for hydroxylation is 1. The molecule has 2 N–H and O–H groups in total. The number of morpholine rings is 1. The van der Waals surface area contributed by atoms with E-state index in [2.05, 4.69) is 42.9 Å². The highest BCUT2D eigenvalue weighted by Gasteiger charge is 2.36. The first kappa shape index (κ1) is 36.9. The van der Waals surface area contributed by atoms with E-state index in [4.69, 9.17) is 13.9 Å². The van der Waals surface area contributed by atoms with Crippen molar-refractivity contribution in [3.8, 4) is 11.5 Å². The number of nitrogens with one attached hydrogen (secondary N) is 2. The van der Waals surface area contributed by atoms with E-state index >= 15 is 0 Å². The van der Waals surface area contributed by atoms with Crippen LogP contribution in [0.3, 0.4) is 0 Å². The number of rotatable bonds is 15. The molecule has 11 nitrogen and oxygen atoms in total. The molecule has 4 heterocycles. The van der Waals surface area contributed by atoms with Crippen LogP contribution in [0.2, 0.25) is 0 Å². The van der Waals surface area contributed by atoms with Gasteiger partial charge in [0, 0.05) is 60.9 Å². The fourth-order valence-electron chi connectivity index (χ4n) is 7.04. The summed E-state index contributed by atoms with van der Waals surface area (Å²) in [5.41, 5.74) is 5.69. The second-order valence-corrected chi connectivity index (χ2v) is 14.1. The highest BCUT2D eigenvalue weighted by atomic mass is 32.2. The van der Waals surface area contributed by atoms with Crippen LogP contribution in [0.5, 0.6) is 0 Å². The topological polar surface area (TPSA) is 141 Å². The standard InChI is InChI=1S/C42H42N6O5S/c1-51-41(50)46-39(37(29-12-4-2-5-13-29)30-14-6-3-7-15-30)35(49)25-32-16-9-8-11-28(32)18-19-33-26-45-38(34-17-10-22-44-34)36(52-33)27-54-42-48-47-40(53-42)31-20-23-43-24-21-31/h2-16,20-24,33,36-39,45H,17-19,25-27H2,1H3,(H,46,50)/t33-,36-,38-,39-/m1/s1. The molecule has 0 bridgehead atoms. The minimum absolute atomic E-state index is 0.0438. The Kier molecular flexibility index (Phi) is 12.3. The minimum Gasteiger partial charge on any atom is -0.453 e. The maximum atomic E-state index is 14.3. The number of allylic oxidation sites excluding steroid dienone is 1. The number of ketones is 1. The predicted octanol–water partition coefficient (Wildman–Crippen LogP) is 6.61. The highest BCUT2D eigenvalue weighted by molar-refractivity contribution is 7.99. The molecule has 0 aliphatic carbocycles. The van der Waals surface area contributed by atoms with E-state index < -0.39 is 18.1 Å². The molecular formula is C42H42N6O5S. The summed E-state index contributed by atoms with van der Waals surface area (Å²) in [5.74, 6) is 0.515. The molecule has 0 spiro atoms. The fourth-order valence-corrected chi connectivity index (χ4v) is 7.85. The Morgan fingerprint density at radius 3 is 2.31 bits per heavy atom. The van der Waals surface area contributed by atoms with Gasteiger partial charge in [-0.05, 0) is 47.2 Å². The first-order valence-corrected chi connectivity index (χ1v) is 19.0. The maximum absolute atomic E-state index is 14.3. The molecule has 2 aliphatic rings. The van der Waals surface area contributed by atoms with Crippen molar-refractivity contribution in [3.63, 3.8) is 0 Å². The normalized spacial score (nSPS) is 18.6. The van der Waals surface area contributed by atoms with Gasteiger partial charge in [0.15, 0.2) is 5.78 Å². The summed E-state index contributed by atoms with van der Waals surface area (Å²) in [6.07, 6.45) is 8.74. The first-order valence-electron chi connectivity index (χ1n) is 18.1. The third-order valence-corrected chi connectivity index (χ3v) is 10.6. The van der Waals surface area contributed by atoms with Gasteiger partial charge >= 0.3 is 6.09 Å². The third kappa shape index (κ3) is 9.19. The molecule has 0 radical (unpaired) electrons. The number of carbonyl (C=O) groups excluding carboxylic acids is 2. The lowest BCUT2D eigenvalue weighted by Crippen LogP contribution is -2.57. The third-order valence-electron chi connectivity index (χ3n) is 9.72. The number of aliphatic imine (C=N–C) groups is 1. The van der Waals surface area contributed by atoms with E-state index in [0.29, 0.717) is 29.8 Å². The summed E-state index contributed by atoms with van der Waals surface area (Å²) < 4.78 is 17.7. The van der Waals surface area contributed by atoms with Gasteiger partial charge in [0.1, 0.15) is 6.04 Å². The summed E-state index contributed by atoms with van der Waals surface area (Å²) in [7, 11) is 1.31. The molecule has 7 rings (SSSR count). The molecule has 0 saturated carbocycles. The number of nitrogens with zero attached hydrogens (tertiary/aromatic N) is 4. The van der Waals surface area contributed by atoms with Crippen LogP contribution in [0.15, 0.2) is 136 Å².